The van der Waals surface area contributed by atoms with Crippen molar-refractivity contribution in [3.05, 3.63) is 116 Å². The van der Waals surface area contributed by atoms with Crippen LogP contribution in [0.3, 0.4) is 0 Å². The summed E-state index contributed by atoms with van der Waals surface area (Å²) in [6.07, 6.45) is 0. The zero-order valence-electron chi connectivity index (χ0n) is 21.4. The van der Waals surface area contributed by atoms with Crippen molar-refractivity contribution in [3.8, 4) is 48.6 Å². The second kappa shape index (κ2) is 10.4. The fraction of sp³-hybridized carbons (Fsp3) is 0. The third kappa shape index (κ3) is 3.47. The zero-order chi connectivity index (χ0) is 30.0. The molecule has 8 heteroatoms. The Hall–Kier alpha value is -7.46. The van der Waals surface area contributed by atoms with Crippen LogP contribution < -0.4 is 0 Å². The van der Waals surface area contributed by atoms with E-state index in [1.165, 1.54) is 0 Å². The summed E-state index contributed by atoms with van der Waals surface area (Å²) in [5, 5.41) is 81.9. The molecular formula is C34H10N8. The normalized spacial score (nSPS) is 12.3. The summed E-state index contributed by atoms with van der Waals surface area (Å²) in [7, 11) is 0. The van der Waals surface area contributed by atoms with E-state index in [1.54, 1.807) is 60.7 Å². The van der Waals surface area contributed by atoms with E-state index >= 15 is 0 Å². The molecule has 42 heavy (non-hydrogen) atoms. The lowest BCUT2D eigenvalue weighted by Gasteiger charge is -2.15. The van der Waals surface area contributed by atoms with Gasteiger partial charge in [0.05, 0.1) is 22.3 Å². The highest BCUT2D eigenvalue weighted by Gasteiger charge is 2.43. The molecule has 0 saturated heterocycles. The molecule has 0 aliphatic heterocycles. The average molecular weight is 531 g/mol. The van der Waals surface area contributed by atoms with Gasteiger partial charge in [-0.3, -0.25) is 0 Å². The van der Waals surface area contributed by atoms with Crippen LogP contribution in [0.15, 0.2) is 71.8 Å². The summed E-state index contributed by atoms with van der Waals surface area (Å²) < 4.78 is 0. The Balaban J connectivity index is 2.13. The Kier molecular flexibility index (Phi) is 6.45. The maximum atomic E-state index is 10.6. The molecule has 5 rings (SSSR count). The average Bonchev–Trinajstić information content (AvgIpc) is 3.56. The van der Waals surface area contributed by atoms with Crippen molar-refractivity contribution in [3.63, 3.8) is 0 Å². The van der Waals surface area contributed by atoms with Crippen molar-refractivity contribution in [2.45, 2.75) is 0 Å². The lowest BCUT2D eigenvalue weighted by Crippen LogP contribution is -2.05. The Labute approximate surface area is 240 Å². The van der Waals surface area contributed by atoms with Gasteiger partial charge in [0.15, 0.2) is 0 Å². The van der Waals surface area contributed by atoms with Crippen LogP contribution in [0.2, 0.25) is 0 Å². The molecule has 0 atom stereocenters. The molecule has 2 aliphatic rings. The van der Waals surface area contributed by atoms with Crippen LogP contribution in [0.4, 0.5) is 0 Å². The van der Waals surface area contributed by atoms with Crippen LogP contribution in [0.5, 0.6) is 0 Å². The number of fused-ring (bicyclic) bond motifs is 2. The molecule has 2 aliphatic carbocycles. The molecule has 0 bridgehead atoms. The van der Waals surface area contributed by atoms with Crippen molar-refractivity contribution < 1.29 is 0 Å². The van der Waals surface area contributed by atoms with Crippen LogP contribution in [0, 0.1) is 90.6 Å². The van der Waals surface area contributed by atoms with E-state index in [9.17, 15) is 42.1 Å². The van der Waals surface area contributed by atoms with Crippen LogP contribution in [-0.4, -0.2) is 0 Å². The van der Waals surface area contributed by atoms with E-state index in [0.717, 1.165) is 0 Å². The van der Waals surface area contributed by atoms with E-state index < -0.39 is 11.1 Å². The predicted molar refractivity (Wildman–Crippen MR) is 150 cm³/mol. The summed E-state index contributed by atoms with van der Waals surface area (Å²) in [4.78, 5) is 0. The molecule has 0 fully saturated rings. The first-order valence-electron chi connectivity index (χ1n) is 12.1. The molecule has 0 amide bonds. The highest BCUT2D eigenvalue weighted by Crippen LogP contribution is 2.57. The van der Waals surface area contributed by atoms with E-state index in [1.807, 2.05) is 24.3 Å². The van der Waals surface area contributed by atoms with E-state index in [4.69, 9.17) is 0 Å². The van der Waals surface area contributed by atoms with Crippen LogP contribution in [0.25, 0.3) is 33.4 Å². The monoisotopic (exact) mass is 530 g/mol. The minimum absolute atomic E-state index is 0.00169. The molecule has 3 aromatic carbocycles. The van der Waals surface area contributed by atoms with Crippen molar-refractivity contribution >= 4 is 33.4 Å². The van der Waals surface area contributed by atoms with E-state index in [2.05, 4.69) is 24.3 Å². The molecule has 0 radical (unpaired) electrons. The summed E-state index contributed by atoms with van der Waals surface area (Å²) in [5.41, 5.74) is 0.00945. The van der Waals surface area contributed by atoms with Crippen molar-refractivity contribution in [2.75, 3.05) is 0 Å². The molecule has 0 unspecified atom stereocenters. The number of allylic oxidation sites excluding steroid dienone is 8. The summed E-state index contributed by atoms with van der Waals surface area (Å²) in [6.45, 7) is 0. The Morgan fingerprint density at radius 1 is 0.405 bits per heavy atom. The third-order valence-electron chi connectivity index (χ3n) is 7.02. The predicted octanol–water partition coefficient (Wildman–Crippen LogP) is 5.93. The Morgan fingerprint density at radius 2 is 0.738 bits per heavy atom. The van der Waals surface area contributed by atoms with Crippen LogP contribution in [0.1, 0.15) is 44.5 Å². The number of hydrogen-bond acceptors (Lipinski definition) is 8. The minimum Gasteiger partial charge on any atom is -0.192 e. The van der Waals surface area contributed by atoms with Gasteiger partial charge in [-0.15, -0.1) is 0 Å². The van der Waals surface area contributed by atoms with Crippen LogP contribution in [-0.2, 0) is 0 Å². The van der Waals surface area contributed by atoms with Gasteiger partial charge >= 0.3 is 0 Å². The maximum Gasteiger partial charge on any atom is 0.138 e. The second-order valence-corrected chi connectivity index (χ2v) is 8.88. The molecule has 0 spiro atoms. The van der Waals surface area contributed by atoms with Gasteiger partial charge in [-0.1, -0.05) is 60.7 Å². The Bertz CT molecular complexity index is 2050. The number of nitriles is 8. The van der Waals surface area contributed by atoms with Crippen molar-refractivity contribution in [2.24, 2.45) is 0 Å². The number of hydrogen-bond donors (Lipinski definition) is 0. The molecular weight excluding hydrogens is 520 g/mol. The first-order valence-corrected chi connectivity index (χ1v) is 12.1. The Morgan fingerprint density at radius 3 is 1.00 bits per heavy atom. The summed E-state index contributed by atoms with van der Waals surface area (Å²) in [5.74, 6) is 0. The second-order valence-electron chi connectivity index (χ2n) is 8.88. The molecule has 0 N–H and O–H groups in total. The van der Waals surface area contributed by atoms with Gasteiger partial charge in [0.2, 0.25) is 0 Å². The number of rotatable bonds is 2. The van der Waals surface area contributed by atoms with Gasteiger partial charge < -0.3 is 0 Å². The standard InChI is InChI=1S/C34H10N8/c35-11-21(12-36)29-27(19-7-3-1-4-8-19)23(15-39)31-25(17-41)34-30(22(13-37)14-38)28(20-9-5-2-6-10-20)24(16-40)32(34)26(18-42)33(29)31/h1-10H. The summed E-state index contributed by atoms with van der Waals surface area (Å²) >= 11 is 0. The molecule has 0 aromatic heterocycles. The van der Waals surface area contributed by atoms with Gasteiger partial charge in [-0.2, -0.15) is 42.1 Å². The van der Waals surface area contributed by atoms with E-state index in [-0.39, 0.29) is 66.8 Å². The number of benzene rings is 3. The van der Waals surface area contributed by atoms with E-state index in [0.29, 0.717) is 11.1 Å². The van der Waals surface area contributed by atoms with Gasteiger partial charge in [0, 0.05) is 44.5 Å². The topological polar surface area (TPSA) is 190 Å². The minimum atomic E-state index is -0.394. The first kappa shape index (κ1) is 26.2. The maximum absolute atomic E-state index is 10.6. The molecule has 8 nitrogen and oxygen atoms in total. The van der Waals surface area contributed by atoms with Gasteiger partial charge in [0.1, 0.15) is 59.7 Å². The largest absolute Gasteiger partial charge is 0.192 e. The van der Waals surface area contributed by atoms with Crippen LogP contribution >= 0.6 is 0 Å². The summed E-state index contributed by atoms with van der Waals surface area (Å²) in [6, 6.07) is 32.7. The molecule has 3 aromatic rings. The lowest BCUT2D eigenvalue weighted by molar-refractivity contribution is 1.37. The van der Waals surface area contributed by atoms with Crippen molar-refractivity contribution in [1.29, 1.82) is 42.1 Å². The fourth-order valence-electron chi connectivity index (χ4n) is 5.51. The molecule has 0 heterocycles. The molecule has 0 saturated carbocycles. The van der Waals surface area contributed by atoms with Gasteiger partial charge in [-0.05, 0) is 11.1 Å². The lowest BCUT2D eigenvalue weighted by atomic mass is 9.82. The van der Waals surface area contributed by atoms with Gasteiger partial charge in [0.25, 0.3) is 0 Å². The third-order valence-corrected chi connectivity index (χ3v) is 7.02. The number of nitrogens with zero attached hydrogens (tertiary/aromatic N) is 8. The smallest absolute Gasteiger partial charge is 0.138 e. The zero-order valence-corrected chi connectivity index (χ0v) is 21.4. The molecule has 186 valence electrons. The highest BCUT2D eigenvalue weighted by molar-refractivity contribution is 6.32. The SMILES string of the molecule is N#CC(C#N)=C1C(c2ccccc2)=C(C#N)c2c(C#N)c3c(c(C#N)c21)C(C#N)=C(c1ccccc1)C3=C(C#N)C#N. The van der Waals surface area contributed by atoms with Gasteiger partial charge in [-0.25, -0.2) is 0 Å². The van der Waals surface area contributed by atoms with Crippen molar-refractivity contribution in [1.82, 2.24) is 0 Å². The first-order chi connectivity index (χ1) is 20.6. The quantitative estimate of drug-likeness (QED) is 0.364. The highest BCUT2D eigenvalue weighted by atomic mass is 14.5. The fourth-order valence-corrected chi connectivity index (χ4v) is 5.51.